The van der Waals surface area contributed by atoms with Crippen LogP contribution in [0.5, 0.6) is 0 Å². The van der Waals surface area contributed by atoms with Crippen LogP contribution in [-0.4, -0.2) is 54.7 Å². The van der Waals surface area contributed by atoms with Gasteiger partial charge in [0.05, 0.1) is 0 Å². The first kappa shape index (κ1) is 19.6. The summed E-state index contributed by atoms with van der Waals surface area (Å²) in [6, 6.07) is 14.4. The van der Waals surface area contributed by atoms with E-state index in [0.717, 1.165) is 5.56 Å². The molecule has 0 aromatic heterocycles. The molecule has 9 heteroatoms. The first-order valence-electron chi connectivity index (χ1n) is 8.96. The number of ether oxygens (including phenoxy) is 2. The van der Waals surface area contributed by atoms with Gasteiger partial charge in [-0.2, -0.15) is 0 Å². The quantitative estimate of drug-likeness (QED) is 0.214. The monoisotopic (exact) mass is 462 g/mol. The molecule has 2 fully saturated rings. The zero-order chi connectivity index (χ0) is 20.6. The number of carbonyl (C=O) groups is 2. The molecule has 0 N–H and O–H groups in total. The van der Waals surface area contributed by atoms with Crippen molar-refractivity contribution in [3.05, 3.63) is 75.8 Å². The molecule has 0 unspecified atom stereocenters. The van der Waals surface area contributed by atoms with Gasteiger partial charge >= 0.3 is 173 Å². The van der Waals surface area contributed by atoms with E-state index < -0.39 is 21.4 Å². The minimum absolute atomic E-state index is 0.00656. The van der Waals surface area contributed by atoms with Crippen LogP contribution in [0, 0.1) is 10.1 Å². The minimum atomic E-state index is -0.905. The molecule has 1 amide bonds. The van der Waals surface area contributed by atoms with E-state index in [9.17, 15) is 19.7 Å². The number of nitro groups is 1. The number of benzene rings is 2. The Kier molecular flexibility index (Phi) is 5.12. The topological polar surface area (TPSA) is 99.0 Å². The zero-order valence-electron chi connectivity index (χ0n) is 15.5. The van der Waals surface area contributed by atoms with Crippen LogP contribution < -0.4 is 0 Å². The number of fused-ring (bicyclic) bond motifs is 1. The van der Waals surface area contributed by atoms with Crippen LogP contribution in [0.3, 0.4) is 0 Å². The van der Waals surface area contributed by atoms with Crippen LogP contribution in [0.4, 0.5) is 5.69 Å². The Morgan fingerprint density at radius 2 is 1.93 bits per heavy atom. The van der Waals surface area contributed by atoms with Gasteiger partial charge in [0, 0.05) is 0 Å². The molecule has 2 aliphatic heterocycles. The Hall–Kier alpha value is -2.74. The third-order valence-electron chi connectivity index (χ3n) is 5.13. The van der Waals surface area contributed by atoms with E-state index in [1.54, 1.807) is 24.1 Å². The molecule has 0 bridgehead atoms. The Bertz CT molecular complexity index is 951. The number of non-ortho nitro benzene ring substituents is 1. The molecular weight excluding hydrogens is 443 g/mol. The van der Waals surface area contributed by atoms with E-state index >= 15 is 0 Å². The van der Waals surface area contributed by atoms with Gasteiger partial charge in [-0.05, 0) is 0 Å². The average molecular weight is 461 g/mol. The summed E-state index contributed by atoms with van der Waals surface area (Å²) in [5.74, 6) is -0.615. The Balaban J connectivity index is 1.57. The third kappa shape index (κ3) is 3.31. The van der Waals surface area contributed by atoms with Crippen molar-refractivity contribution in [3.8, 4) is 0 Å². The Labute approximate surface area is 173 Å². The summed E-state index contributed by atoms with van der Waals surface area (Å²) >= 11 is -0.159. The first-order valence-corrected chi connectivity index (χ1v) is 10.8. The molecule has 0 radical (unpaired) electrons. The summed E-state index contributed by atoms with van der Waals surface area (Å²) in [6.45, 7) is -0.0401. The second kappa shape index (κ2) is 7.59. The van der Waals surface area contributed by atoms with Crippen molar-refractivity contribution >= 4 is 32.5 Å². The predicted octanol–water partition coefficient (Wildman–Crippen LogP) is 1.78. The van der Waals surface area contributed by atoms with Crippen molar-refractivity contribution in [3.63, 3.8) is 0 Å². The molecule has 3 atom stereocenters. The number of β-lactam (4-membered cyclic amide) rings is 1. The Morgan fingerprint density at radius 1 is 1.24 bits per heavy atom. The van der Waals surface area contributed by atoms with Crippen molar-refractivity contribution < 1.29 is 24.0 Å². The van der Waals surface area contributed by atoms with Crippen LogP contribution in [-0.2, 0) is 30.2 Å². The molecule has 0 spiro atoms. The molecule has 29 heavy (non-hydrogen) atoms. The standard InChI is InChI=1S/C20H18N2O6Se/c1-27-20(14-5-3-2-4-6-14)18(21-16(23)11-17(21)29-20)19(24)28-12-13-7-9-15(10-8-13)22(25)26/h2-10,17-18H,11-12H2,1H3/t17-,18+,20+/m1/s1. The summed E-state index contributed by atoms with van der Waals surface area (Å²) in [5, 5.41) is 10.8. The molecular formula is C20H18N2O6Se. The zero-order valence-corrected chi connectivity index (χ0v) is 17.2. The number of hydrogen-bond donors (Lipinski definition) is 0. The van der Waals surface area contributed by atoms with Crippen LogP contribution in [0.1, 0.15) is 17.5 Å². The average Bonchev–Trinajstić information content (AvgIpc) is 3.02. The van der Waals surface area contributed by atoms with Gasteiger partial charge in [0.25, 0.3) is 0 Å². The number of nitro benzene ring substituents is 1. The molecule has 2 aliphatic rings. The van der Waals surface area contributed by atoms with Crippen LogP contribution in [0.25, 0.3) is 0 Å². The second-order valence-corrected chi connectivity index (χ2v) is 9.66. The van der Waals surface area contributed by atoms with Crippen molar-refractivity contribution in [2.24, 2.45) is 0 Å². The molecule has 2 aromatic carbocycles. The summed E-state index contributed by atoms with van der Waals surface area (Å²) in [7, 11) is 1.56. The fourth-order valence-corrected chi connectivity index (χ4v) is 7.20. The van der Waals surface area contributed by atoms with E-state index in [4.69, 9.17) is 9.47 Å². The maximum absolute atomic E-state index is 13.1. The van der Waals surface area contributed by atoms with Gasteiger partial charge in [-0.3, -0.25) is 0 Å². The normalized spacial score (nSPS) is 25.3. The van der Waals surface area contributed by atoms with Crippen LogP contribution >= 0.6 is 0 Å². The van der Waals surface area contributed by atoms with Gasteiger partial charge in [0.2, 0.25) is 0 Å². The number of hydrogen-bond acceptors (Lipinski definition) is 6. The van der Waals surface area contributed by atoms with Crippen molar-refractivity contribution in [1.82, 2.24) is 4.90 Å². The van der Waals surface area contributed by atoms with E-state index in [1.807, 2.05) is 30.3 Å². The van der Waals surface area contributed by atoms with Gasteiger partial charge in [-0.1, -0.05) is 0 Å². The first-order chi connectivity index (χ1) is 14.0. The number of amides is 1. The van der Waals surface area contributed by atoms with Gasteiger partial charge in [-0.15, -0.1) is 0 Å². The summed E-state index contributed by atoms with van der Waals surface area (Å²) in [5.41, 5.74) is 1.44. The number of esters is 1. The number of carbonyl (C=O) groups excluding carboxylic acids is 2. The molecule has 2 heterocycles. The third-order valence-corrected chi connectivity index (χ3v) is 8.57. The molecule has 8 nitrogen and oxygen atoms in total. The van der Waals surface area contributed by atoms with Gasteiger partial charge < -0.3 is 0 Å². The second-order valence-electron chi connectivity index (χ2n) is 6.75. The van der Waals surface area contributed by atoms with Crippen molar-refractivity contribution in [2.45, 2.75) is 28.5 Å². The molecule has 0 aliphatic carbocycles. The van der Waals surface area contributed by atoms with Gasteiger partial charge in [-0.25, -0.2) is 0 Å². The number of rotatable bonds is 6. The summed E-state index contributed by atoms with van der Waals surface area (Å²) < 4.78 is 10.5. The fourth-order valence-electron chi connectivity index (χ4n) is 3.65. The summed E-state index contributed by atoms with van der Waals surface area (Å²) in [4.78, 5) is 37.2. The Morgan fingerprint density at radius 3 is 2.52 bits per heavy atom. The number of methoxy groups -OCH3 is 1. The van der Waals surface area contributed by atoms with Crippen LogP contribution in [0.15, 0.2) is 54.6 Å². The molecule has 2 aromatic rings. The SMILES string of the molecule is CO[C@@]1(c2ccccc2)[Se][C@@H]2CC(=O)N2[C@H]1C(=O)OCc1ccc([N+](=O)[O-])cc1. The van der Waals surface area contributed by atoms with E-state index in [1.165, 1.54) is 12.1 Å². The van der Waals surface area contributed by atoms with E-state index in [-0.39, 0.29) is 38.1 Å². The van der Waals surface area contributed by atoms with Crippen LogP contribution in [0.2, 0.25) is 0 Å². The summed E-state index contributed by atoms with van der Waals surface area (Å²) in [6.07, 6.45) is 0.421. The molecule has 0 saturated carbocycles. The van der Waals surface area contributed by atoms with Crippen molar-refractivity contribution in [2.75, 3.05) is 7.11 Å². The molecule has 150 valence electrons. The molecule has 2 saturated heterocycles. The van der Waals surface area contributed by atoms with Crippen molar-refractivity contribution in [1.29, 1.82) is 0 Å². The maximum atomic E-state index is 13.1. The number of nitrogens with zero attached hydrogens (tertiary/aromatic N) is 2. The van der Waals surface area contributed by atoms with E-state index in [2.05, 4.69) is 0 Å². The van der Waals surface area contributed by atoms with Gasteiger partial charge in [0.1, 0.15) is 0 Å². The van der Waals surface area contributed by atoms with E-state index in [0.29, 0.717) is 12.0 Å². The predicted molar refractivity (Wildman–Crippen MR) is 103 cm³/mol. The fraction of sp³-hybridized carbons (Fsp3) is 0.300. The van der Waals surface area contributed by atoms with Gasteiger partial charge in [0.15, 0.2) is 0 Å². The molecule has 4 rings (SSSR count).